The third kappa shape index (κ3) is 8.37. The minimum atomic E-state index is 0.375. The number of hydrogen-bond acceptors (Lipinski definition) is 3. The van der Waals surface area contributed by atoms with E-state index in [2.05, 4.69) is 30.8 Å². The summed E-state index contributed by atoms with van der Waals surface area (Å²) < 4.78 is 7.89. The second-order valence-corrected chi connectivity index (χ2v) is 4.20. The van der Waals surface area contributed by atoms with Crippen LogP contribution in [0.2, 0.25) is 0 Å². The highest BCUT2D eigenvalue weighted by Crippen LogP contribution is 2.17. The molecule has 1 N–H and O–H groups in total. The molecule has 1 fully saturated rings. The highest BCUT2D eigenvalue weighted by molar-refractivity contribution is 14.1. The topological polar surface area (TPSA) is 42.2 Å². The first-order chi connectivity index (χ1) is 8.36. The van der Waals surface area contributed by atoms with Crippen LogP contribution in [0.5, 0.6) is 0 Å². The summed E-state index contributed by atoms with van der Waals surface area (Å²) in [5, 5.41) is 0. The zero-order valence-corrected chi connectivity index (χ0v) is 12.8. The predicted octanol–water partition coefficient (Wildman–Crippen LogP) is 4.38. The minimum Gasteiger partial charge on any atom is -0.462 e. The number of halogens is 1. The quantitative estimate of drug-likeness (QED) is 0.489. The van der Waals surface area contributed by atoms with Gasteiger partial charge in [0.25, 0.3) is 0 Å². The minimum absolute atomic E-state index is 0.375. The van der Waals surface area contributed by atoms with Gasteiger partial charge in [-0.05, 0) is 25.0 Å². The lowest BCUT2D eigenvalue weighted by Crippen LogP contribution is -2.22. The molecule has 1 aliphatic rings. The molecule has 0 unspecified atom stereocenters. The van der Waals surface area contributed by atoms with Gasteiger partial charge in [0.2, 0.25) is 0 Å². The van der Waals surface area contributed by atoms with Crippen LogP contribution in [-0.2, 0) is 0 Å². The summed E-state index contributed by atoms with van der Waals surface area (Å²) in [6.45, 7) is 4.00. The van der Waals surface area contributed by atoms with Crippen molar-refractivity contribution in [1.82, 2.24) is 3.53 Å². The Balaban J connectivity index is 0.000000265. The van der Waals surface area contributed by atoms with Crippen LogP contribution >= 0.6 is 22.9 Å². The van der Waals surface area contributed by atoms with E-state index in [0.717, 1.165) is 6.04 Å². The van der Waals surface area contributed by atoms with Gasteiger partial charge in [-0.25, -0.2) is 0 Å². The molecule has 1 aliphatic carbocycles. The van der Waals surface area contributed by atoms with Gasteiger partial charge in [0, 0.05) is 28.9 Å². The summed E-state index contributed by atoms with van der Waals surface area (Å²) >= 11 is 2.26. The summed E-state index contributed by atoms with van der Waals surface area (Å²) in [5.41, 5.74) is 0. The Morgan fingerprint density at radius 3 is 2.29 bits per heavy atom. The predicted molar refractivity (Wildman–Crippen MR) is 79.5 cm³/mol. The second kappa shape index (κ2) is 12.1. The number of nitrogens with one attached hydrogen (secondary N) is 1. The molecule has 17 heavy (non-hydrogen) atoms. The highest BCUT2D eigenvalue weighted by Gasteiger charge is 2.09. The van der Waals surface area contributed by atoms with Crippen LogP contribution in [0, 0.1) is 0 Å². The molecule has 1 aromatic heterocycles. The van der Waals surface area contributed by atoms with Crippen molar-refractivity contribution in [2.75, 3.05) is 0 Å². The third-order valence-electron chi connectivity index (χ3n) is 2.42. The Bertz CT molecular complexity index is 256. The zero-order valence-electron chi connectivity index (χ0n) is 10.6. The van der Waals surface area contributed by atoms with Crippen LogP contribution in [0.1, 0.15) is 56.5 Å². The lowest BCUT2D eigenvalue weighted by atomic mass is 9.97. The zero-order chi connectivity index (χ0) is 12.9. The van der Waals surface area contributed by atoms with Gasteiger partial charge in [0.1, 0.15) is 0 Å². The van der Waals surface area contributed by atoms with E-state index in [1.54, 1.807) is 12.1 Å². The van der Waals surface area contributed by atoms with Crippen LogP contribution in [0.25, 0.3) is 0 Å². The molecule has 0 radical (unpaired) electrons. The normalized spacial score (nSPS) is 15.0. The molecule has 2 rings (SSSR count). The van der Waals surface area contributed by atoms with Crippen molar-refractivity contribution in [3.05, 3.63) is 24.2 Å². The van der Waals surface area contributed by atoms with Gasteiger partial charge in [-0.2, -0.15) is 0 Å². The van der Waals surface area contributed by atoms with Gasteiger partial charge in [0.05, 0.1) is 6.26 Å². The average molecular weight is 351 g/mol. The summed E-state index contributed by atoms with van der Waals surface area (Å²) in [5.74, 6) is 0.375. The summed E-state index contributed by atoms with van der Waals surface area (Å²) in [6, 6.07) is 4.10. The summed E-state index contributed by atoms with van der Waals surface area (Å²) in [6.07, 6.45) is 9.23. The highest BCUT2D eigenvalue weighted by atomic mass is 127. The maximum atomic E-state index is 9.77. The monoisotopic (exact) mass is 351 g/mol. The van der Waals surface area contributed by atoms with Gasteiger partial charge >= 0.3 is 0 Å². The Morgan fingerprint density at radius 1 is 1.35 bits per heavy atom. The molecular weight excluding hydrogens is 329 g/mol. The number of furan rings is 1. The fraction of sp³-hybridized carbons (Fsp3) is 0.615. The maximum Gasteiger partial charge on any atom is 0.185 e. The fourth-order valence-electron chi connectivity index (χ4n) is 1.57. The molecule has 1 saturated carbocycles. The van der Waals surface area contributed by atoms with Crippen LogP contribution in [0.3, 0.4) is 0 Å². The molecule has 4 heteroatoms. The van der Waals surface area contributed by atoms with E-state index in [0.29, 0.717) is 12.0 Å². The number of carbonyl (C=O) groups excluding carboxylic acids is 1. The van der Waals surface area contributed by atoms with E-state index in [1.807, 2.05) is 13.8 Å². The van der Waals surface area contributed by atoms with E-state index in [-0.39, 0.29) is 0 Å². The van der Waals surface area contributed by atoms with Crippen molar-refractivity contribution < 1.29 is 9.21 Å². The molecule has 1 heterocycles. The van der Waals surface area contributed by atoms with Gasteiger partial charge in [-0.1, -0.05) is 33.1 Å². The molecule has 0 aliphatic heterocycles. The molecule has 0 atom stereocenters. The molecule has 3 nitrogen and oxygen atoms in total. The molecule has 1 aromatic rings. The molecule has 0 spiro atoms. The van der Waals surface area contributed by atoms with Crippen LogP contribution in [0.4, 0.5) is 0 Å². The number of carbonyl (C=O) groups is 1. The Labute approximate surface area is 118 Å². The van der Waals surface area contributed by atoms with Gasteiger partial charge in [-0.15, -0.1) is 0 Å². The molecule has 0 bridgehead atoms. The first-order valence-corrected chi connectivity index (χ1v) is 7.29. The third-order valence-corrected chi connectivity index (χ3v) is 3.30. The van der Waals surface area contributed by atoms with Crippen LogP contribution < -0.4 is 3.53 Å². The van der Waals surface area contributed by atoms with E-state index in [9.17, 15) is 4.79 Å². The second-order valence-electron chi connectivity index (χ2n) is 3.58. The first kappa shape index (κ1) is 16.6. The van der Waals surface area contributed by atoms with E-state index in [4.69, 9.17) is 0 Å². The molecular formula is C13H22INO2. The summed E-state index contributed by atoms with van der Waals surface area (Å²) in [4.78, 5) is 9.77. The van der Waals surface area contributed by atoms with Gasteiger partial charge < -0.3 is 4.42 Å². The first-order valence-electron chi connectivity index (χ1n) is 6.21. The van der Waals surface area contributed by atoms with Crippen LogP contribution in [0.15, 0.2) is 22.8 Å². The fourth-order valence-corrected chi connectivity index (χ4v) is 2.19. The molecule has 0 amide bonds. The van der Waals surface area contributed by atoms with Crippen molar-refractivity contribution >= 4 is 29.2 Å². The maximum absolute atomic E-state index is 9.77. The van der Waals surface area contributed by atoms with Crippen molar-refractivity contribution in [2.24, 2.45) is 0 Å². The standard InChI is InChI=1S/C6H12IN.C5H4O2.C2H6/c7-8-6-4-2-1-3-5-6;6-4-5-2-1-3-7-5;1-2/h6,8H,1-5H2;1-4H;1-2H3. The van der Waals surface area contributed by atoms with E-state index >= 15 is 0 Å². The Morgan fingerprint density at radius 2 is 2.00 bits per heavy atom. The molecule has 0 aromatic carbocycles. The average Bonchev–Trinajstić information content (AvgIpc) is 2.96. The van der Waals surface area contributed by atoms with Gasteiger partial charge in [-0.3, -0.25) is 8.32 Å². The number of aldehydes is 1. The van der Waals surface area contributed by atoms with Crippen LogP contribution in [-0.4, -0.2) is 12.3 Å². The van der Waals surface area contributed by atoms with E-state index in [1.165, 1.54) is 38.4 Å². The lowest BCUT2D eigenvalue weighted by molar-refractivity contribution is 0.110. The van der Waals surface area contributed by atoms with Crippen molar-refractivity contribution in [3.63, 3.8) is 0 Å². The van der Waals surface area contributed by atoms with E-state index < -0.39 is 0 Å². The number of hydrogen-bond donors (Lipinski definition) is 1. The molecule has 98 valence electrons. The number of rotatable bonds is 2. The Kier molecular flexibility index (Phi) is 11.8. The largest absolute Gasteiger partial charge is 0.462 e. The summed E-state index contributed by atoms with van der Waals surface area (Å²) in [7, 11) is 0. The SMILES string of the molecule is CC.INC1CCCCC1.O=Cc1ccco1. The smallest absolute Gasteiger partial charge is 0.185 e. The lowest BCUT2D eigenvalue weighted by Gasteiger charge is -2.18. The van der Waals surface area contributed by atoms with Gasteiger partial charge in [0.15, 0.2) is 12.0 Å². The van der Waals surface area contributed by atoms with Crippen molar-refractivity contribution in [2.45, 2.75) is 52.0 Å². The van der Waals surface area contributed by atoms with Crippen molar-refractivity contribution in [1.29, 1.82) is 0 Å². The van der Waals surface area contributed by atoms with Crippen molar-refractivity contribution in [3.8, 4) is 0 Å². The molecule has 0 saturated heterocycles. The Hall–Kier alpha value is -0.360.